The van der Waals surface area contributed by atoms with Gasteiger partial charge in [-0.1, -0.05) is 25.0 Å². The van der Waals surface area contributed by atoms with Crippen molar-refractivity contribution in [2.75, 3.05) is 18.4 Å². The van der Waals surface area contributed by atoms with Crippen LogP contribution >= 0.6 is 0 Å². The van der Waals surface area contributed by atoms with Crippen LogP contribution in [-0.4, -0.2) is 30.1 Å². The van der Waals surface area contributed by atoms with Gasteiger partial charge in [-0.05, 0) is 63.4 Å². The average molecular weight is 427 g/mol. The van der Waals surface area contributed by atoms with Gasteiger partial charge in [-0.2, -0.15) is 0 Å². The minimum Gasteiger partial charge on any atom is -0.463 e. The lowest BCUT2D eigenvalue weighted by Crippen LogP contribution is -2.44. The van der Waals surface area contributed by atoms with Crippen molar-refractivity contribution < 1.29 is 14.3 Å². The summed E-state index contributed by atoms with van der Waals surface area (Å²) < 4.78 is 5.57. The number of aliphatic hydroxyl groups is 1. The number of furan rings is 1. The molecule has 168 valence electrons. The first-order chi connectivity index (χ1) is 14.9. The first kappa shape index (κ1) is 22.9. The van der Waals surface area contributed by atoms with Gasteiger partial charge >= 0.3 is 0 Å². The van der Waals surface area contributed by atoms with Crippen LogP contribution in [0.1, 0.15) is 56.6 Å². The van der Waals surface area contributed by atoms with Gasteiger partial charge in [0.05, 0.1) is 13.1 Å². The number of anilines is 1. The van der Waals surface area contributed by atoms with Crippen molar-refractivity contribution in [1.29, 1.82) is 0 Å². The number of benzene rings is 1. The van der Waals surface area contributed by atoms with Gasteiger partial charge in [-0.15, -0.1) is 0 Å². The zero-order chi connectivity index (χ0) is 22.3. The van der Waals surface area contributed by atoms with Crippen molar-refractivity contribution >= 4 is 17.6 Å². The third kappa shape index (κ3) is 6.59. The lowest BCUT2D eigenvalue weighted by atomic mass is 10.0. The molecule has 0 bridgehead atoms. The minimum absolute atomic E-state index is 0.114. The van der Waals surface area contributed by atoms with E-state index in [4.69, 9.17) is 4.42 Å². The van der Waals surface area contributed by atoms with Crippen LogP contribution in [0.15, 0.2) is 45.8 Å². The Bertz CT molecular complexity index is 898. The Hall–Kier alpha value is -2.80. The minimum atomic E-state index is -1.16. The zero-order valence-corrected chi connectivity index (χ0v) is 18.7. The lowest BCUT2D eigenvalue weighted by Gasteiger charge is -2.22. The number of guanidine groups is 1. The number of carbonyl (C=O) groups excluding carboxylic acids is 1. The summed E-state index contributed by atoms with van der Waals surface area (Å²) in [5.74, 6) is 2.13. The van der Waals surface area contributed by atoms with E-state index in [1.807, 2.05) is 44.2 Å². The molecule has 1 amide bonds. The van der Waals surface area contributed by atoms with E-state index >= 15 is 0 Å². The largest absolute Gasteiger partial charge is 0.463 e. The number of carbonyl (C=O) groups is 1. The van der Waals surface area contributed by atoms with Crippen molar-refractivity contribution in [3.8, 4) is 0 Å². The summed E-state index contributed by atoms with van der Waals surface area (Å²) in [6.45, 7) is 6.95. The van der Waals surface area contributed by atoms with Gasteiger partial charge in [0, 0.05) is 18.2 Å². The molecule has 1 aromatic heterocycles. The number of amides is 1. The van der Waals surface area contributed by atoms with Crippen LogP contribution in [0.2, 0.25) is 0 Å². The molecule has 1 fully saturated rings. The molecule has 0 spiro atoms. The molecule has 1 heterocycles. The maximum atomic E-state index is 12.4. The molecular formula is C24H34N4O3. The molecule has 0 saturated heterocycles. The van der Waals surface area contributed by atoms with Crippen LogP contribution in [0.4, 0.5) is 5.69 Å². The van der Waals surface area contributed by atoms with Gasteiger partial charge in [0.25, 0.3) is 0 Å². The molecule has 1 atom stereocenters. The molecule has 7 heteroatoms. The molecular weight excluding hydrogens is 392 g/mol. The van der Waals surface area contributed by atoms with E-state index in [1.54, 1.807) is 13.0 Å². The van der Waals surface area contributed by atoms with E-state index in [9.17, 15) is 9.90 Å². The van der Waals surface area contributed by atoms with Gasteiger partial charge in [0.2, 0.25) is 5.91 Å². The molecule has 1 aliphatic carbocycles. The Balaban J connectivity index is 1.60. The third-order valence-electron chi connectivity index (χ3n) is 5.56. The SMILES string of the molecule is CCNC(=NCc1cccc(NC(=O)C2CCCC2)c1)NCC(C)(O)c1ccc(C)o1. The van der Waals surface area contributed by atoms with E-state index in [-0.39, 0.29) is 18.4 Å². The summed E-state index contributed by atoms with van der Waals surface area (Å²) in [5.41, 5.74) is 0.642. The summed E-state index contributed by atoms with van der Waals surface area (Å²) in [4.78, 5) is 17.0. The highest BCUT2D eigenvalue weighted by Crippen LogP contribution is 2.26. The number of rotatable bonds is 8. The molecule has 7 nitrogen and oxygen atoms in total. The Morgan fingerprint density at radius 1 is 1.23 bits per heavy atom. The predicted octanol–water partition coefficient (Wildman–Crippen LogP) is 3.68. The van der Waals surface area contributed by atoms with Crippen LogP contribution in [-0.2, 0) is 16.9 Å². The second kappa shape index (κ2) is 10.5. The van der Waals surface area contributed by atoms with Crippen LogP contribution < -0.4 is 16.0 Å². The fraction of sp³-hybridized carbons (Fsp3) is 0.500. The van der Waals surface area contributed by atoms with Crippen molar-refractivity contribution in [2.45, 2.75) is 58.6 Å². The van der Waals surface area contributed by atoms with Crippen LogP contribution in [0, 0.1) is 12.8 Å². The highest BCUT2D eigenvalue weighted by molar-refractivity contribution is 5.92. The molecule has 2 aromatic rings. The van der Waals surface area contributed by atoms with Crippen molar-refractivity contribution in [3.05, 3.63) is 53.5 Å². The highest BCUT2D eigenvalue weighted by atomic mass is 16.4. The van der Waals surface area contributed by atoms with Crippen LogP contribution in [0.25, 0.3) is 0 Å². The number of hydrogen-bond donors (Lipinski definition) is 4. The number of nitrogens with zero attached hydrogens (tertiary/aromatic N) is 1. The maximum absolute atomic E-state index is 12.4. The molecule has 0 radical (unpaired) electrons. The summed E-state index contributed by atoms with van der Waals surface area (Å²) in [6, 6.07) is 11.4. The van der Waals surface area contributed by atoms with Crippen LogP contribution in [0.5, 0.6) is 0 Å². The molecule has 3 rings (SSSR count). The van der Waals surface area contributed by atoms with Crippen LogP contribution in [0.3, 0.4) is 0 Å². The highest BCUT2D eigenvalue weighted by Gasteiger charge is 2.27. The molecule has 1 aliphatic rings. The molecule has 0 aliphatic heterocycles. The van der Waals surface area contributed by atoms with Gasteiger partial charge < -0.3 is 25.5 Å². The second-order valence-electron chi connectivity index (χ2n) is 8.40. The summed E-state index contributed by atoms with van der Waals surface area (Å²) in [7, 11) is 0. The fourth-order valence-electron chi connectivity index (χ4n) is 3.76. The van der Waals surface area contributed by atoms with Gasteiger partial charge in [0.1, 0.15) is 17.1 Å². The van der Waals surface area contributed by atoms with E-state index in [0.717, 1.165) is 42.7 Å². The molecule has 1 unspecified atom stereocenters. The van der Waals surface area contributed by atoms with Crippen molar-refractivity contribution in [2.24, 2.45) is 10.9 Å². The van der Waals surface area contributed by atoms with E-state index in [2.05, 4.69) is 20.9 Å². The second-order valence-corrected chi connectivity index (χ2v) is 8.40. The maximum Gasteiger partial charge on any atom is 0.227 e. The average Bonchev–Trinajstić information content (AvgIpc) is 3.43. The fourth-order valence-corrected chi connectivity index (χ4v) is 3.76. The van der Waals surface area contributed by atoms with Gasteiger partial charge in [-0.3, -0.25) is 4.79 Å². The molecule has 31 heavy (non-hydrogen) atoms. The monoisotopic (exact) mass is 426 g/mol. The number of hydrogen-bond acceptors (Lipinski definition) is 4. The molecule has 1 aromatic carbocycles. The number of nitrogens with one attached hydrogen (secondary N) is 3. The summed E-state index contributed by atoms with van der Waals surface area (Å²) >= 11 is 0. The first-order valence-corrected chi connectivity index (χ1v) is 11.1. The van der Waals surface area contributed by atoms with Crippen molar-refractivity contribution in [1.82, 2.24) is 10.6 Å². The Kier molecular flexibility index (Phi) is 7.74. The zero-order valence-electron chi connectivity index (χ0n) is 18.7. The first-order valence-electron chi connectivity index (χ1n) is 11.1. The Labute approximate surface area is 184 Å². The normalized spacial score (nSPS) is 16.7. The van der Waals surface area contributed by atoms with Gasteiger partial charge in [-0.25, -0.2) is 4.99 Å². The standard InChI is InChI=1S/C24H34N4O3/c1-4-25-23(27-16-24(3,30)21-13-12-17(2)31-21)26-15-18-8-7-11-20(14-18)28-22(29)19-9-5-6-10-19/h7-8,11-14,19,30H,4-6,9-10,15-16H2,1-3H3,(H,28,29)(H2,25,26,27). The summed E-state index contributed by atoms with van der Waals surface area (Å²) in [5, 5.41) is 20.1. The molecule has 4 N–H and O–H groups in total. The number of aryl methyl sites for hydroxylation is 1. The lowest BCUT2D eigenvalue weighted by molar-refractivity contribution is -0.119. The molecule has 1 saturated carbocycles. The van der Waals surface area contributed by atoms with Crippen molar-refractivity contribution in [3.63, 3.8) is 0 Å². The summed E-state index contributed by atoms with van der Waals surface area (Å²) in [6.07, 6.45) is 4.24. The number of aliphatic imine (C=N–C) groups is 1. The smallest absolute Gasteiger partial charge is 0.227 e. The third-order valence-corrected chi connectivity index (χ3v) is 5.56. The topological polar surface area (TPSA) is 98.9 Å². The Morgan fingerprint density at radius 3 is 2.68 bits per heavy atom. The Morgan fingerprint density at radius 2 is 2.00 bits per heavy atom. The van der Waals surface area contributed by atoms with E-state index < -0.39 is 5.60 Å². The van der Waals surface area contributed by atoms with Gasteiger partial charge in [0.15, 0.2) is 5.96 Å². The quantitative estimate of drug-likeness (QED) is 0.381. The predicted molar refractivity (Wildman–Crippen MR) is 123 cm³/mol. The van der Waals surface area contributed by atoms with E-state index in [1.165, 1.54) is 0 Å². The van der Waals surface area contributed by atoms with E-state index in [0.29, 0.717) is 24.8 Å².